The zero-order valence-corrected chi connectivity index (χ0v) is 9.80. The van der Waals surface area contributed by atoms with Gasteiger partial charge in [-0.05, 0) is 32.1 Å². The van der Waals surface area contributed by atoms with E-state index in [1.54, 1.807) is 0 Å². The molecule has 1 unspecified atom stereocenters. The Morgan fingerprint density at radius 1 is 1.40 bits per heavy atom. The van der Waals surface area contributed by atoms with Crippen LogP contribution in [0.25, 0.3) is 0 Å². The van der Waals surface area contributed by atoms with Crippen molar-refractivity contribution < 1.29 is 4.79 Å². The molecule has 1 atom stereocenters. The fourth-order valence-corrected chi connectivity index (χ4v) is 2.16. The lowest BCUT2D eigenvalue weighted by Crippen LogP contribution is -2.30. The van der Waals surface area contributed by atoms with Crippen LogP contribution in [-0.2, 0) is 4.79 Å². The van der Waals surface area contributed by atoms with Crippen LogP contribution in [0.4, 0.5) is 0 Å². The van der Waals surface area contributed by atoms with Gasteiger partial charge in [-0.25, -0.2) is 0 Å². The first kappa shape index (κ1) is 12.5. The van der Waals surface area contributed by atoms with Gasteiger partial charge in [0.1, 0.15) is 0 Å². The molecule has 0 saturated heterocycles. The van der Waals surface area contributed by atoms with Gasteiger partial charge in [-0.15, -0.1) is 0 Å². The third-order valence-electron chi connectivity index (χ3n) is 3.12. The molecule has 0 aromatic rings. The normalized spacial score (nSPS) is 19.9. The molecule has 1 saturated carbocycles. The van der Waals surface area contributed by atoms with Gasteiger partial charge in [-0.2, -0.15) is 0 Å². The average Bonchev–Trinajstić information content (AvgIpc) is 2.18. The lowest BCUT2D eigenvalue weighted by molar-refractivity contribution is -0.122. The fraction of sp³-hybridized carbons (Fsp3) is 0.917. The van der Waals surface area contributed by atoms with E-state index in [0.717, 1.165) is 19.4 Å². The predicted octanol–water partition coefficient (Wildman–Crippen LogP) is 1.81. The predicted molar refractivity (Wildman–Crippen MR) is 62.5 cm³/mol. The van der Waals surface area contributed by atoms with Crippen molar-refractivity contribution in [1.82, 2.24) is 5.32 Å². The second kappa shape index (κ2) is 6.83. The summed E-state index contributed by atoms with van der Waals surface area (Å²) >= 11 is 0. The van der Waals surface area contributed by atoms with Gasteiger partial charge in [0, 0.05) is 19.0 Å². The van der Waals surface area contributed by atoms with Gasteiger partial charge in [-0.1, -0.05) is 19.3 Å². The zero-order chi connectivity index (χ0) is 11.1. The molecule has 3 N–H and O–H groups in total. The van der Waals surface area contributed by atoms with Gasteiger partial charge >= 0.3 is 0 Å². The Bertz CT molecular complexity index is 186. The van der Waals surface area contributed by atoms with Crippen LogP contribution in [0, 0.1) is 5.92 Å². The van der Waals surface area contributed by atoms with Crippen molar-refractivity contribution in [2.75, 3.05) is 6.54 Å². The number of nitrogens with two attached hydrogens (primary N) is 1. The molecular formula is C12H24N2O. The standard InChI is InChI=1S/C12H24N2O/c1-10(13)7-8-14-12(15)9-11-5-3-2-4-6-11/h10-11H,2-9,13H2,1H3,(H,14,15). The Morgan fingerprint density at radius 2 is 2.07 bits per heavy atom. The largest absolute Gasteiger partial charge is 0.356 e. The average molecular weight is 212 g/mol. The van der Waals surface area contributed by atoms with E-state index in [4.69, 9.17) is 5.73 Å². The second-order valence-corrected chi connectivity index (χ2v) is 4.82. The highest BCUT2D eigenvalue weighted by atomic mass is 16.1. The van der Waals surface area contributed by atoms with Crippen molar-refractivity contribution in [2.45, 2.75) is 57.9 Å². The fourth-order valence-electron chi connectivity index (χ4n) is 2.16. The Labute approximate surface area is 92.8 Å². The lowest BCUT2D eigenvalue weighted by atomic mass is 9.87. The molecule has 0 heterocycles. The van der Waals surface area contributed by atoms with Gasteiger partial charge in [0.05, 0.1) is 0 Å². The number of carbonyl (C=O) groups excluding carboxylic acids is 1. The summed E-state index contributed by atoms with van der Waals surface area (Å²) in [5, 5.41) is 2.94. The minimum absolute atomic E-state index is 0.181. The molecule has 1 rings (SSSR count). The van der Waals surface area contributed by atoms with Crippen molar-refractivity contribution in [3.63, 3.8) is 0 Å². The van der Waals surface area contributed by atoms with Gasteiger partial charge in [0.25, 0.3) is 0 Å². The van der Waals surface area contributed by atoms with Crippen molar-refractivity contribution in [3.05, 3.63) is 0 Å². The van der Waals surface area contributed by atoms with Gasteiger partial charge < -0.3 is 11.1 Å². The highest BCUT2D eigenvalue weighted by Crippen LogP contribution is 2.25. The molecule has 88 valence electrons. The topological polar surface area (TPSA) is 55.1 Å². The first-order valence-electron chi connectivity index (χ1n) is 6.20. The Balaban J connectivity index is 2.06. The maximum absolute atomic E-state index is 11.5. The third kappa shape index (κ3) is 5.78. The molecule has 1 aliphatic rings. The van der Waals surface area contributed by atoms with Crippen LogP contribution in [0.2, 0.25) is 0 Å². The molecule has 3 nitrogen and oxygen atoms in total. The highest BCUT2D eigenvalue weighted by molar-refractivity contribution is 5.76. The molecule has 0 aromatic carbocycles. The summed E-state index contributed by atoms with van der Waals surface area (Å²) in [6, 6.07) is 0.181. The van der Waals surface area contributed by atoms with Crippen LogP contribution in [-0.4, -0.2) is 18.5 Å². The van der Waals surface area contributed by atoms with Crippen LogP contribution in [0.5, 0.6) is 0 Å². The summed E-state index contributed by atoms with van der Waals surface area (Å²) in [4.78, 5) is 11.5. The molecule has 0 aliphatic heterocycles. The van der Waals surface area contributed by atoms with Crippen LogP contribution in [0.1, 0.15) is 51.9 Å². The summed E-state index contributed by atoms with van der Waals surface area (Å²) in [5.41, 5.74) is 5.61. The minimum Gasteiger partial charge on any atom is -0.356 e. The molecule has 0 radical (unpaired) electrons. The van der Waals surface area contributed by atoms with Crippen molar-refractivity contribution in [1.29, 1.82) is 0 Å². The van der Waals surface area contributed by atoms with E-state index in [2.05, 4.69) is 5.32 Å². The Hall–Kier alpha value is -0.570. The van der Waals surface area contributed by atoms with E-state index in [1.165, 1.54) is 32.1 Å². The molecule has 0 bridgehead atoms. The maximum atomic E-state index is 11.5. The van der Waals surface area contributed by atoms with Crippen molar-refractivity contribution >= 4 is 5.91 Å². The second-order valence-electron chi connectivity index (χ2n) is 4.82. The minimum atomic E-state index is 0.181. The molecule has 0 spiro atoms. The van der Waals surface area contributed by atoms with Crippen LogP contribution >= 0.6 is 0 Å². The zero-order valence-electron chi connectivity index (χ0n) is 9.80. The summed E-state index contributed by atoms with van der Waals surface area (Å²) < 4.78 is 0. The SMILES string of the molecule is CC(N)CCNC(=O)CC1CCCCC1. The van der Waals surface area contributed by atoms with E-state index in [0.29, 0.717) is 5.92 Å². The van der Waals surface area contributed by atoms with Crippen molar-refractivity contribution in [2.24, 2.45) is 11.7 Å². The summed E-state index contributed by atoms with van der Waals surface area (Å²) in [6.07, 6.45) is 8.02. The molecular weight excluding hydrogens is 188 g/mol. The number of carbonyl (C=O) groups is 1. The smallest absolute Gasteiger partial charge is 0.220 e. The maximum Gasteiger partial charge on any atom is 0.220 e. The highest BCUT2D eigenvalue weighted by Gasteiger charge is 2.16. The van der Waals surface area contributed by atoms with Gasteiger partial charge in [0.2, 0.25) is 5.91 Å². The molecule has 0 aromatic heterocycles. The molecule has 1 aliphatic carbocycles. The van der Waals surface area contributed by atoms with Crippen LogP contribution in [0.15, 0.2) is 0 Å². The molecule has 3 heteroatoms. The molecule has 15 heavy (non-hydrogen) atoms. The Morgan fingerprint density at radius 3 is 2.67 bits per heavy atom. The van der Waals surface area contributed by atoms with E-state index >= 15 is 0 Å². The summed E-state index contributed by atoms with van der Waals surface area (Å²) in [5.74, 6) is 0.844. The molecule has 1 fully saturated rings. The number of hydrogen-bond acceptors (Lipinski definition) is 2. The van der Waals surface area contributed by atoms with E-state index in [9.17, 15) is 4.79 Å². The van der Waals surface area contributed by atoms with Gasteiger partial charge in [0.15, 0.2) is 0 Å². The van der Waals surface area contributed by atoms with Crippen LogP contribution in [0.3, 0.4) is 0 Å². The quantitative estimate of drug-likeness (QED) is 0.730. The number of amides is 1. The third-order valence-corrected chi connectivity index (χ3v) is 3.12. The summed E-state index contributed by atoms with van der Waals surface area (Å²) in [6.45, 7) is 2.69. The van der Waals surface area contributed by atoms with Crippen molar-refractivity contribution in [3.8, 4) is 0 Å². The van der Waals surface area contributed by atoms with Gasteiger partial charge in [-0.3, -0.25) is 4.79 Å². The van der Waals surface area contributed by atoms with E-state index in [1.807, 2.05) is 6.92 Å². The number of rotatable bonds is 5. The Kier molecular flexibility index (Phi) is 5.69. The number of hydrogen-bond donors (Lipinski definition) is 2. The lowest BCUT2D eigenvalue weighted by Gasteiger charge is -2.20. The van der Waals surface area contributed by atoms with E-state index in [-0.39, 0.29) is 11.9 Å². The molecule has 1 amide bonds. The first-order chi connectivity index (χ1) is 7.18. The number of nitrogens with one attached hydrogen (secondary N) is 1. The monoisotopic (exact) mass is 212 g/mol. The summed E-state index contributed by atoms with van der Waals surface area (Å²) in [7, 11) is 0. The first-order valence-corrected chi connectivity index (χ1v) is 6.20. The van der Waals surface area contributed by atoms with E-state index < -0.39 is 0 Å². The van der Waals surface area contributed by atoms with Crippen LogP contribution < -0.4 is 11.1 Å².